The fraction of sp³-hybridized carbons (Fsp3) is 0.923. The van der Waals surface area contributed by atoms with Crippen LogP contribution in [0.5, 0.6) is 0 Å². The minimum absolute atomic E-state index is 0.0591. The topological polar surface area (TPSA) is 49.3 Å². The highest BCUT2D eigenvalue weighted by molar-refractivity contribution is 6.30. The van der Waals surface area contributed by atoms with Crippen LogP contribution in [-0.2, 0) is 4.79 Å². The van der Waals surface area contributed by atoms with Crippen molar-refractivity contribution in [2.75, 3.05) is 0 Å². The molecule has 4 aliphatic rings. The van der Waals surface area contributed by atoms with Crippen molar-refractivity contribution in [3.05, 3.63) is 0 Å². The minimum Gasteiger partial charge on any atom is -0.390 e. The first-order chi connectivity index (χ1) is 7.97. The zero-order valence-corrected chi connectivity index (χ0v) is 10.9. The lowest BCUT2D eigenvalue weighted by atomic mass is 9.52. The molecule has 4 saturated carbocycles. The van der Waals surface area contributed by atoms with Crippen molar-refractivity contribution in [2.24, 2.45) is 17.8 Å². The molecule has 0 saturated heterocycles. The van der Waals surface area contributed by atoms with Crippen molar-refractivity contribution >= 4 is 17.5 Å². The number of nitrogens with one attached hydrogen (secondary N) is 1. The number of carbonyl (C=O) groups excluding carboxylic acids is 1. The van der Waals surface area contributed by atoms with Crippen LogP contribution >= 0.6 is 11.6 Å². The number of halogens is 1. The predicted molar refractivity (Wildman–Crippen MR) is 65.8 cm³/mol. The van der Waals surface area contributed by atoms with Crippen LogP contribution in [-0.4, -0.2) is 28.0 Å². The van der Waals surface area contributed by atoms with E-state index in [1.807, 2.05) is 0 Å². The Kier molecular flexibility index (Phi) is 2.67. The molecule has 0 aromatic carbocycles. The molecule has 3 atom stereocenters. The molecule has 4 rings (SSSR count). The number of aliphatic hydroxyl groups is 1. The lowest BCUT2D eigenvalue weighted by Crippen LogP contribution is -2.62. The summed E-state index contributed by atoms with van der Waals surface area (Å²) in [5.74, 6) is 1.55. The van der Waals surface area contributed by atoms with Crippen molar-refractivity contribution in [3.8, 4) is 0 Å². The summed E-state index contributed by atoms with van der Waals surface area (Å²) in [6.45, 7) is 1.71. The molecule has 96 valence electrons. The Morgan fingerprint density at radius 2 is 1.94 bits per heavy atom. The van der Waals surface area contributed by atoms with Crippen LogP contribution in [0.2, 0.25) is 0 Å². The molecule has 0 heterocycles. The molecule has 3 unspecified atom stereocenters. The van der Waals surface area contributed by atoms with Gasteiger partial charge in [0.25, 0.3) is 0 Å². The maximum absolute atomic E-state index is 11.7. The quantitative estimate of drug-likeness (QED) is 0.740. The Bertz CT molecular complexity index is 328. The fourth-order valence-corrected chi connectivity index (χ4v) is 4.56. The van der Waals surface area contributed by atoms with Crippen LogP contribution in [0, 0.1) is 17.8 Å². The van der Waals surface area contributed by atoms with Gasteiger partial charge in [0.05, 0.1) is 5.60 Å². The molecule has 0 aromatic rings. The van der Waals surface area contributed by atoms with E-state index >= 15 is 0 Å². The van der Waals surface area contributed by atoms with Crippen molar-refractivity contribution < 1.29 is 9.90 Å². The Hall–Kier alpha value is -0.280. The van der Waals surface area contributed by atoms with Gasteiger partial charge in [0.2, 0.25) is 5.91 Å². The van der Waals surface area contributed by atoms with E-state index in [0.717, 1.165) is 19.3 Å². The highest BCUT2D eigenvalue weighted by Gasteiger charge is 2.55. The molecule has 0 spiro atoms. The molecular formula is C13H20ClNO2. The smallest absolute Gasteiger partial charge is 0.238 e. The van der Waals surface area contributed by atoms with E-state index in [4.69, 9.17) is 11.6 Å². The molecule has 4 fully saturated rings. The van der Waals surface area contributed by atoms with E-state index in [0.29, 0.717) is 17.8 Å². The summed E-state index contributed by atoms with van der Waals surface area (Å²) in [7, 11) is 0. The number of carbonyl (C=O) groups is 1. The molecule has 0 aromatic heterocycles. The summed E-state index contributed by atoms with van der Waals surface area (Å²) in [5.41, 5.74) is -0.426. The normalized spacial score (nSPS) is 49.1. The standard InChI is InChI=1S/C13H20ClNO2/c1-7(14)12(16)15-11-9-2-8-3-10(11)6-13(17,4-8)5-9/h7-11,17H,2-6H2,1H3,(H,15,16). The Morgan fingerprint density at radius 1 is 1.35 bits per heavy atom. The number of hydrogen-bond acceptors (Lipinski definition) is 2. The van der Waals surface area contributed by atoms with E-state index in [9.17, 15) is 9.90 Å². The van der Waals surface area contributed by atoms with Gasteiger partial charge in [-0.1, -0.05) is 0 Å². The van der Waals surface area contributed by atoms with Gasteiger partial charge in [-0.25, -0.2) is 0 Å². The third-order valence-electron chi connectivity index (χ3n) is 4.91. The molecule has 4 aliphatic carbocycles. The lowest BCUT2D eigenvalue weighted by molar-refractivity contribution is -0.146. The number of rotatable bonds is 2. The van der Waals surface area contributed by atoms with Gasteiger partial charge in [0.1, 0.15) is 5.38 Å². The van der Waals surface area contributed by atoms with Crippen LogP contribution in [0.15, 0.2) is 0 Å². The second-order valence-electron chi connectivity index (χ2n) is 6.34. The maximum atomic E-state index is 11.7. The third-order valence-corrected chi connectivity index (χ3v) is 5.11. The van der Waals surface area contributed by atoms with Gasteiger partial charge in [-0.05, 0) is 56.8 Å². The molecule has 1 amide bonds. The van der Waals surface area contributed by atoms with Crippen molar-refractivity contribution in [1.29, 1.82) is 0 Å². The first-order valence-electron chi connectivity index (χ1n) is 6.64. The Labute approximate surface area is 107 Å². The first-order valence-corrected chi connectivity index (χ1v) is 7.07. The Balaban J connectivity index is 1.74. The average Bonchev–Trinajstić information content (AvgIpc) is 2.20. The molecule has 0 aliphatic heterocycles. The van der Waals surface area contributed by atoms with Crippen LogP contribution in [0.25, 0.3) is 0 Å². The van der Waals surface area contributed by atoms with Gasteiger partial charge in [0.15, 0.2) is 0 Å². The number of alkyl halides is 1. The molecule has 0 radical (unpaired) electrons. The van der Waals surface area contributed by atoms with E-state index in [-0.39, 0.29) is 11.9 Å². The molecule has 3 nitrogen and oxygen atoms in total. The summed E-state index contributed by atoms with van der Waals surface area (Å²) in [6, 6.07) is 0.250. The monoisotopic (exact) mass is 257 g/mol. The summed E-state index contributed by atoms with van der Waals surface area (Å²) in [6.07, 6.45) is 5.04. The molecule has 17 heavy (non-hydrogen) atoms. The SMILES string of the molecule is CC(Cl)C(=O)NC1C2CC3CC1CC(O)(C3)C2. The van der Waals surface area contributed by atoms with E-state index in [1.165, 1.54) is 12.8 Å². The van der Waals surface area contributed by atoms with Gasteiger partial charge in [-0.3, -0.25) is 4.79 Å². The Morgan fingerprint density at radius 3 is 2.41 bits per heavy atom. The zero-order valence-electron chi connectivity index (χ0n) is 10.2. The number of hydrogen-bond donors (Lipinski definition) is 2. The third kappa shape index (κ3) is 1.97. The van der Waals surface area contributed by atoms with Crippen LogP contribution in [0.1, 0.15) is 39.0 Å². The van der Waals surface area contributed by atoms with Crippen LogP contribution in [0.4, 0.5) is 0 Å². The van der Waals surface area contributed by atoms with Gasteiger partial charge in [-0.2, -0.15) is 0 Å². The fourth-order valence-electron chi connectivity index (χ4n) is 4.50. The van der Waals surface area contributed by atoms with Gasteiger partial charge in [0, 0.05) is 6.04 Å². The lowest BCUT2D eigenvalue weighted by Gasteiger charge is -2.58. The summed E-state index contributed by atoms with van der Waals surface area (Å²) < 4.78 is 0. The van der Waals surface area contributed by atoms with E-state index in [2.05, 4.69) is 5.32 Å². The maximum Gasteiger partial charge on any atom is 0.238 e. The van der Waals surface area contributed by atoms with E-state index < -0.39 is 11.0 Å². The predicted octanol–water partition coefficient (Wildman–Crippen LogP) is 1.67. The van der Waals surface area contributed by atoms with E-state index in [1.54, 1.807) is 6.92 Å². The largest absolute Gasteiger partial charge is 0.390 e. The second-order valence-corrected chi connectivity index (χ2v) is 7.00. The summed E-state index contributed by atoms with van der Waals surface area (Å²) >= 11 is 5.81. The van der Waals surface area contributed by atoms with Crippen molar-refractivity contribution in [2.45, 2.75) is 56.0 Å². The van der Waals surface area contributed by atoms with Gasteiger partial charge < -0.3 is 10.4 Å². The van der Waals surface area contributed by atoms with Crippen molar-refractivity contribution in [1.82, 2.24) is 5.32 Å². The average molecular weight is 258 g/mol. The summed E-state index contributed by atoms with van der Waals surface area (Å²) in [5, 5.41) is 13.1. The van der Waals surface area contributed by atoms with Crippen LogP contribution in [0.3, 0.4) is 0 Å². The highest BCUT2D eigenvalue weighted by Crippen LogP contribution is 2.55. The van der Waals surface area contributed by atoms with Crippen molar-refractivity contribution in [3.63, 3.8) is 0 Å². The van der Waals surface area contributed by atoms with Crippen LogP contribution < -0.4 is 5.32 Å². The first kappa shape index (κ1) is 11.8. The molecule has 4 bridgehead atoms. The van der Waals surface area contributed by atoms with Gasteiger partial charge >= 0.3 is 0 Å². The van der Waals surface area contributed by atoms with Gasteiger partial charge in [-0.15, -0.1) is 11.6 Å². The molecule has 4 heteroatoms. The summed E-state index contributed by atoms with van der Waals surface area (Å²) in [4.78, 5) is 11.7. The molecular weight excluding hydrogens is 238 g/mol. The molecule has 2 N–H and O–H groups in total. The number of amides is 1. The second kappa shape index (κ2) is 3.86. The minimum atomic E-state index is -0.463. The zero-order chi connectivity index (χ0) is 12.2. The highest BCUT2D eigenvalue weighted by atomic mass is 35.5.